The van der Waals surface area contributed by atoms with Crippen molar-refractivity contribution in [2.75, 3.05) is 131 Å². The second-order valence-electron chi connectivity index (χ2n) is 13.4. The van der Waals surface area contributed by atoms with Crippen LogP contribution in [0.25, 0.3) is 0 Å². The average molecular weight is 675 g/mol. The molecular weight excluding hydrogens is 612 g/mol. The summed E-state index contributed by atoms with van der Waals surface area (Å²) >= 11 is 0. The number of hydrogen-bond acceptors (Lipinski definition) is 14. The molecule has 1 fully saturated rings. The molecule has 15 nitrogen and oxygen atoms in total. The molecule has 0 bridgehead atoms. The van der Waals surface area contributed by atoms with Crippen LogP contribution in [0, 0.1) is 0 Å². The largest absolute Gasteiger partial charge is 0.459 e. The van der Waals surface area contributed by atoms with Crippen molar-refractivity contribution in [3.05, 3.63) is 0 Å². The van der Waals surface area contributed by atoms with E-state index in [2.05, 4.69) is 5.32 Å². The lowest BCUT2D eigenvalue weighted by molar-refractivity contribution is -0.158. The third kappa shape index (κ3) is 24.5. The van der Waals surface area contributed by atoms with Gasteiger partial charge in [-0.1, -0.05) is 0 Å². The van der Waals surface area contributed by atoms with Gasteiger partial charge in [0.05, 0.1) is 65.8 Å². The van der Waals surface area contributed by atoms with Gasteiger partial charge in [0.2, 0.25) is 5.91 Å². The molecule has 47 heavy (non-hydrogen) atoms. The maximum absolute atomic E-state index is 12.9. The van der Waals surface area contributed by atoms with E-state index < -0.39 is 11.2 Å². The van der Waals surface area contributed by atoms with Gasteiger partial charge in [0.15, 0.2) is 0 Å². The summed E-state index contributed by atoms with van der Waals surface area (Å²) in [6.45, 7) is 19.3. The Kier molecular flexibility index (Phi) is 21.8. The molecular formula is C32H62N6O9. The van der Waals surface area contributed by atoms with Gasteiger partial charge in [-0.3, -0.25) is 34.0 Å². The molecule has 0 unspecified atom stereocenters. The summed E-state index contributed by atoms with van der Waals surface area (Å²) in [5.74, 6) is -0.807. The number of hydrogen-bond donors (Lipinski definition) is 2. The summed E-state index contributed by atoms with van der Waals surface area (Å²) in [6, 6.07) is 0. The summed E-state index contributed by atoms with van der Waals surface area (Å²) in [7, 11) is 0. The maximum atomic E-state index is 12.9. The van der Waals surface area contributed by atoms with Gasteiger partial charge >= 0.3 is 11.9 Å². The van der Waals surface area contributed by atoms with Crippen LogP contribution in [-0.2, 0) is 42.9 Å². The molecule has 0 atom stereocenters. The number of nitrogens with two attached hydrogens (primary N) is 1. The molecule has 1 rings (SSSR count). The van der Waals surface area contributed by atoms with Crippen molar-refractivity contribution in [3.63, 3.8) is 0 Å². The second kappa shape index (κ2) is 24.0. The first kappa shape index (κ1) is 42.8. The molecule has 1 heterocycles. The molecule has 0 aliphatic carbocycles. The normalized spacial score (nSPS) is 17.0. The number of nitrogens with zero attached hydrogens (tertiary/aromatic N) is 4. The van der Waals surface area contributed by atoms with Gasteiger partial charge < -0.3 is 39.5 Å². The van der Waals surface area contributed by atoms with E-state index in [0.717, 1.165) is 6.29 Å². The monoisotopic (exact) mass is 674 g/mol. The Bertz CT molecular complexity index is 897. The summed E-state index contributed by atoms with van der Waals surface area (Å²) in [5, 5.41) is 2.90. The van der Waals surface area contributed by atoms with Crippen molar-refractivity contribution in [3.8, 4) is 0 Å². The van der Waals surface area contributed by atoms with E-state index in [0.29, 0.717) is 105 Å². The predicted octanol–water partition coefficient (Wildman–Crippen LogP) is -0.785. The molecule has 1 saturated heterocycles. The number of amides is 1. The molecule has 3 N–H and O–H groups in total. The first-order valence-electron chi connectivity index (χ1n) is 16.7. The highest BCUT2D eigenvalue weighted by atomic mass is 16.6. The van der Waals surface area contributed by atoms with E-state index in [-0.39, 0.29) is 44.0 Å². The highest BCUT2D eigenvalue weighted by Crippen LogP contribution is 2.10. The number of carbonyl (C=O) groups excluding carboxylic acids is 4. The zero-order valence-electron chi connectivity index (χ0n) is 29.8. The summed E-state index contributed by atoms with van der Waals surface area (Å²) in [4.78, 5) is 57.8. The minimum Gasteiger partial charge on any atom is -0.459 e. The minimum absolute atomic E-state index is 0.0800. The van der Waals surface area contributed by atoms with Crippen molar-refractivity contribution in [2.24, 2.45) is 5.73 Å². The van der Waals surface area contributed by atoms with Crippen LogP contribution in [0.5, 0.6) is 0 Å². The first-order chi connectivity index (χ1) is 22.2. The Morgan fingerprint density at radius 2 is 1.00 bits per heavy atom. The minimum atomic E-state index is -0.616. The Morgan fingerprint density at radius 3 is 1.40 bits per heavy atom. The number of nitrogens with one attached hydrogen (secondary N) is 1. The first-order valence-corrected chi connectivity index (χ1v) is 16.7. The number of esters is 2. The molecule has 1 aliphatic rings. The average Bonchev–Trinajstić information content (AvgIpc) is 2.95. The number of ether oxygens (including phenoxy) is 5. The maximum Gasteiger partial charge on any atom is 0.320 e. The topological polar surface area (TPSA) is 165 Å². The molecule has 0 aromatic heterocycles. The van der Waals surface area contributed by atoms with Crippen molar-refractivity contribution < 1.29 is 42.9 Å². The highest BCUT2D eigenvalue weighted by Gasteiger charge is 2.24. The van der Waals surface area contributed by atoms with Crippen molar-refractivity contribution in [1.82, 2.24) is 24.9 Å². The molecule has 0 aromatic rings. The lowest BCUT2D eigenvalue weighted by Gasteiger charge is -2.33. The Balaban J connectivity index is 2.78. The van der Waals surface area contributed by atoms with Gasteiger partial charge in [-0.2, -0.15) is 0 Å². The third-order valence-electron chi connectivity index (χ3n) is 6.75. The molecule has 0 spiro atoms. The van der Waals surface area contributed by atoms with Crippen molar-refractivity contribution in [1.29, 1.82) is 0 Å². The lowest BCUT2D eigenvalue weighted by Crippen LogP contribution is -2.50. The highest BCUT2D eigenvalue weighted by molar-refractivity contribution is 5.78. The summed E-state index contributed by atoms with van der Waals surface area (Å²) < 4.78 is 27.3. The van der Waals surface area contributed by atoms with Crippen molar-refractivity contribution in [2.45, 2.75) is 52.7 Å². The molecule has 0 radical (unpaired) electrons. The molecule has 0 saturated carbocycles. The zero-order valence-corrected chi connectivity index (χ0v) is 29.8. The van der Waals surface area contributed by atoms with Crippen LogP contribution >= 0.6 is 0 Å². The van der Waals surface area contributed by atoms with Crippen LogP contribution in [0.1, 0.15) is 41.5 Å². The number of carbonyl (C=O) groups is 4. The van der Waals surface area contributed by atoms with E-state index in [1.165, 1.54) is 0 Å². The molecule has 0 aromatic carbocycles. The van der Waals surface area contributed by atoms with E-state index >= 15 is 0 Å². The van der Waals surface area contributed by atoms with E-state index in [9.17, 15) is 19.2 Å². The van der Waals surface area contributed by atoms with Gasteiger partial charge in [0, 0.05) is 65.4 Å². The number of aldehydes is 1. The quantitative estimate of drug-likeness (QED) is 0.0995. The van der Waals surface area contributed by atoms with Crippen LogP contribution < -0.4 is 11.1 Å². The SMILES string of the molecule is CC(C)(C)OC(=O)CN1CCN(CC=O)CCN(CC(=O)NCCOCCOCCOCCN)CCN(CC(=O)OC(C)(C)C)CC1. The third-order valence-corrected chi connectivity index (χ3v) is 6.75. The van der Waals surface area contributed by atoms with E-state index in [4.69, 9.17) is 29.4 Å². The second-order valence-corrected chi connectivity index (χ2v) is 13.4. The zero-order chi connectivity index (χ0) is 35.1. The van der Waals surface area contributed by atoms with Crippen LogP contribution in [0.2, 0.25) is 0 Å². The van der Waals surface area contributed by atoms with Crippen LogP contribution in [0.3, 0.4) is 0 Å². The Hall–Kier alpha value is -2.24. The Morgan fingerprint density at radius 1 is 0.617 bits per heavy atom. The van der Waals surface area contributed by atoms with Crippen LogP contribution in [0.4, 0.5) is 0 Å². The predicted molar refractivity (Wildman–Crippen MR) is 178 cm³/mol. The van der Waals surface area contributed by atoms with Gasteiger partial charge in [-0.05, 0) is 41.5 Å². The van der Waals surface area contributed by atoms with Crippen molar-refractivity contribution >= 4 is 24.1 Å². The van der Waals surface area contributed by atoms with Crippen LogP contribution in [-0.4, -0.2) is 186 Å². The summed E-state index contributed by atoms with van der Waals surface area (Å²) in [6.07, 6.45) is 0.865. The molecule has 274 valence electrons. The fourth-order valence-electron chi connectivity index (χ4n) is 4.60. The van der Waals surface area contributed by atoms with E-state index in [1.54, 1.807) is 0 Å². The van der Waals surface area contributed by atoms with Gasteiger partial charge in [0.25, 0.3) is 0 Å². The smallest absolute Gasteiger partial charge is 0.320 e. The fourth-order valence-corrected chi connectivity index (χ4v) is 4.60. The van der Waals surface area contributed by atoms with Gasteiger partial charge in [-0.15, -0.1) is 0 Å². The van der Waals surface area contributed by atoms with Crippen LogP contribution in [0.15, 0.2) is 0 Å². The van der Waals surface area contributed by atoms with Gasteiger partial charge in [-0.25, -0.2) is 0 Å². The molecule has 1 amide bonds. The fraction of sp³-hybridized carbons (Fsp3) is 0.875. The molecule has 1 aliphatic heterocycles. The molecule has 15 heteroatoms. The Labute approximate surface area is 281 Å². The summed E-state index contributed by atoms with van der Waals surface area (Å²) in [5.41, 5.74) is 4.15. The standard InChI is InChI=1S/C32H62N6O9/c1-31(2,3)46-29(41)26-37-12-10-35(17-18-39)9-11-36(13-14-38(16-15-37)27-30(42)47-32(4,5)6)25-28(40)34-8-20-44-22-24-45-23-21-43-19-7-33/h18H,7-17,19-27,33H2,1-6H3,(H,34,40). The van der Waals surface area contributed by atoms with E-state index in [1.807, 2.05) is 61.1 Å². The lowest BCUT2D eigenvalue weighted by atomic mass is 10.2. The van der Waals surface area contributed by atoms with Gasteiger partial charge in [0.1, 0.15) is 17.5 Å². The number of rotatable bonds is 19.